The lowest BCUT2D eigenvalue weighted by Crippen LogP contribution is -2.01. The molecule has 76 valence electrons. The Bertz CT molecular complexity index is 491. The van der Waals surface area contributed by atoms with E-state index in [1.54, 1.807) is 0 Å². The van der Waals surface area contributed by atoms with Crippen molar-refractivity contribution < 1.29 is 14.1 Å². The summed E-state index contributed by atoms with van der Waals surface area (Å²) < 4.78 is 13.1. The van der Waals surface area contributed by atoms with E-state index in [1.165, 1.54) is 6.07 Å². The average Bonchev–Trinajstić information content (AvgIpc) is 2.16. The van der Waals surface area contributed by atoms with E-state index in [2.05, 4.69) is 0 Å². The van der Waals surface area contributed by atoms with Crippen molar-refractivity contribution in [3.8, 4) is 6.07 Å². The fraction of sp³-hybridized carbons (Fsp3) is 0.111. The molecule has 0 radical (unpaired) electrons. The largest absolute Gasteiger partial charge is 0.294 e. The van der Waals surface area contributed by atoms with Crippen molar-refractivity contribution in [1.82, 2.24) is 0 Å². The third kappa shape index (κ3) is 1.96. The van der Waals surface area contributed by atoms with Gasteiger partial charge in [-0.15, -0.1) is 0 Å². The standard InChI is InChI=1S/C9H5FN2O3/c1-5(13)7-2-6(4-11)9(12(14)15)3-8(7)10/h2-3H,1H3. The highest BCUT2D eigenvalue weighted by atomic mass is 19.1. The number of benzene rings is 1. The van der Waals surface area contributed by atoms with Crippen molar-refractivity contribution >= 4 is 11.5 Å². The lowest BCUT2D eigenvalue weighted by Gasteiger charge is -2.00. The van der Waals surface area contributed by atoms with E-state index in [0.717, 1.165) is 13.0 Å². The number of rotatable bonds is 2. The maximum Gasteiger partial charge on any atom is 0.290 e. The zero-order valence-corrected chi connectivity index (χ0v) is 7.65. The number of nitro groups is 1. The van der Waals surface area contributed by atoms with E-state index in [0.29, 0.717) is 6.07 Å². The van der Waals surface area contributed by atoms with E-state index in [4.69, 9.17) is 5.26 Å². The zero-order chi connectivity index (χ0) is 11.6. The second-order valence-electron chi connectivity index (χ2n) is 2.77. The maximum absolute atomic E-state index is 13.1. The number of hydrogen-bond donors (Lipinski definition) is 0. The van der Waals surface area contributed by atoms with Gasteiger partial charge in [-0.3, -0.25) is 14.9 Å². The molecular formula is C9H5FN2O3. The topological polar surface area (TPSA) is 84.0 Å². The van der Waals surface area contributed by atoms with Gasteiger partial charge in [-0.25, -0.2) is 4.39 Å². The number of carbonyl (C=O) groups is 1. The highest BCUT2D eigenvalue weighted by Crippen LogP contribution is 2.22. The average molecular weight is 208 g/mol. The van der Waals surface area contributed by atoms with Crippen LogP contribution in [0.1, 0.15) is 22.8 Å². The molecule has 1 aromatic carbocycles. The van der Waals surface area contributed by atoms with Crippen molar-refractivity contribution in [2.24, 2.45) is 0 Å². The molecular weight excluding hydrogens is 203 g/mol. The first kappa shape index (κ1) is 10.8. The first-order valence-electron chi connectivity index (χ1n) is 3.86. The minimum atomic E-state index is -0.992. The van der Waals surface area contributed by atoms with Gasteiger partial charge in [-0.05, 0) is 13.0 Å². The van der Waals surface area contributed by atoms with Crippen molar-refractivity contribution in [2.45, 2.75) is 6.92 Å². The second kappa shape index (κ2) is 3.84. The highest BCUT2D eigenvalue weighted by Gasteiger charge is 2.19. The molecule has 5 nitrogen and oxygen atoms in total. The maximum atomic E-state index is 13.1. The molecule has 0 saturated carbocycles. The van der Waals surface area contributed by atoms with Crippen LogP contribution < -0.4 is 0 Å². The summed E-state index contributed by atoms with van der Waals surface area (Å²) in [7, 11) is 0. The summed E-state index contributed by atoms with van der Waals surface area (Å²) in [4.78, 5) is 20.4. The van der Waals surface area contributed by atoms with Gasteiger partial charge in [0.15, 0.2) is 5.78 Å². The predicted molar refractivity (Wildman–Crippen MR) is 47.8 cm³/mol. The summed E-state index contributed by atoms with van der Waals surface area (Å²) in [6, 6.07) is 3.00. The molecule has 0 heterocycles. The monoisotopic (exact) mass is 208 g/mol. The highest BCUT2D eigenvalue weighted by molar-refractivity contribution is 5.95. The third-order valence-electron chi connectivity index (χ3n) is 1.78. The lowest BCUT2D eigenvalue weighted by atomic mass is 10.1. The Balaban J connectivity index is 3.51. The molecule has 15 heavy (non-hydrogen) atoms. The summed E-state index contributed by atoms with van der Waals surface area (Å²) in [6.07, 6.45) is 0. The van der Waals surface area contributed by atoms with Crippen LogP contribution in [-0.4, -0.2) is 10.7 Å². The molecule has 1 rings (SSSR count). The Morgan fingerprint density at radius 3 is 2.60 bits per heavy atom. The quantitative estimate of drug-likeness (QED) is 0.421. The molecule has 0 spiro atoms. The first-order chi connectivity index (χ1) is 6.97. The molecule has 0 saturated heterocycles. The van der Waals surface area contributed by atoms with Crippen LogP contribution in [0.25, 0.3) is 0 Å². The molecule has 0 atom stereocenters. The number of nitro benzene ring substituents is 1. The number of hydrogen-bond acceptors (Lipinski definition) is 4. The molecule has 0 bridgehead atoms. The van der Waals surface area contributed by atoms with Crippen LogP contribution >= 0.6 is 0 Å². The van der Waals surface area contributed by atoms with Gasteiger partial charge in [0.2, 0.25) is 0 Å². The van der Waals surface area contributed by atoms with Crippen molar-refractivity contribution in [3.05, 3.63) is 39.2 Å². The van der Waals surface area contributed by atoms with Gasteiger partial charge in [0, 0.05) is 0 Å². The molecule has 6 heteroatoms. The third-order valence-corrected chi connectivity index (χ3v) is 1.78. The Labute approximate surface area is 83.9 Å². The van der Waals surface area contributed by atoms with Gasteiger partial charge < -0.3 is 0 Å². The number of halogens is 1. The smallest absolute Gasteiger partial charge is 0.290 e. The van der Waals surface area contributed by atoms with E-state index in [-0.39, 0.29) is 11.1 Å². The molecule has 0 aliphatic rings. The fourth-order valence-electron chi connectivity index (χ4n) is 1.07. The summed E-state index contributed by atoms with van der Waals surface area (Å²) in [6.45, 7) is 1.12. The fourth-order valence-corrected chi connectivity index (χ4v) is 1.07. The van der Waals surface area contributed by atoms with Gasteiger partial charge in [0.1, 0.15) is 17.4 Å². The van der Waals surface area contributed by atoms with E-state index in [1.807, 2.05) is 0 Å². The van der Waals surface area contributed by atoms with Gasteiger partial charge in [-0.1, -0.05) is 0 Å². The van der Waals surface area contributed by atoms with Crippen LogP contribution in [0.15, 0.2) is 12.1 Å². The summed E-state index contributed by atoms with van der Waals surface area (Å²) in [5.41, 5.74) is -1.29. The lowest BCUT2D eigenvalue weighted by molar-refractivity contribution is -0.385. The molecule has 0 unspecified atom stereocenters. The zero-order valence-electron chi connectivity index (χ0n) is 7.65. The number of nitrogens with zero attached hydrogens (tertiary/aromatic N) is 2. The number of Topliss-reactive ketones (excluding diaryl/α,β-unsaturated/α-hetero) is 1. The molecule has 0 aromatic heterocycles. The minimum Gasteiger partial charge on any atom is -0.294 e. The SMILES string of the molecule is CC(=O)c1cc(C#N)c([N+](=O)[O-])cc1F. The molecule has 0 aliphatic heterocycles. The Morgan fingerprint density at radius 1 is 1.60 bits per heavy atom. The minimum absolute atomic E-state index is 0.322. The molecule has 0 N–H and O–H groups in total. The van der Waals surface area contributed by atoms with Crippen molar-refractivity contribution in [2.75, 3.05) is 0 Å². The Morgan fingerprint density at radius 2 is 2.20 bits per heavy atom. The van der Waals surface area contributed by atoms with Crippen molar-refractivity contribution in [3.63, 3.8) is 0 Å². The van der Waals surface area contributed by atoms with Crippen LogP contribution in [0.4, 0.5) is 10.1 Å². The van der Waals surface area contributed by atoms with Crippen LogP contribution in [0.5, 0.6) is 0 Å². The van der Waals surface area contributed by atoms with Crippen LogP contribution in [0.3, 0.4) is 0 Å². The number of carbonyl (C=O) groups excluding carboxylic acids is 1. The predicted octanol–water partition coefficient (Wildman–Crippen LogP) is 1.81. The number of ketones is 1. The molecule has 1 aromatic rings. The van der Waals surface area contributed by atoms with E-state index >= 15 is 0 Å². The molecule has 0 amide bonds. The molecule has 0 fully saturated rings. The van der Waals surface area contributed by atoms with E-state index in [9.17, 15) is 19.3 Å². The normalized spacial score (nSPS) is 9.40. The Hall–Kier alpha value is -2.29. The summed E-state index contributed by atoms with van der Waals surface area (Å²) >= 11 is 0. The van der Waals surface area contributed by atoms with E-state index < -0.39 is 22.2 Å². The summed E-state index contributed by atoms with van der Waals surface area (Å²) in [5.74, 6) is -1.58. The molecule has 0 aliphatic carbocycles. The van der Waals surface area contributed by atoms with Gasteiger partial charge >= 0.3 is 0 Å². The first-order valence-corrected chi connectivity index (χ1v) is 3.86. The Kier molecular flexibility index (Phi) is 2.76. The van der Waals surface area contributed by atoms with Crippen LogP contribution in [0, 0.1) is 27.3 Å². The number of nitriles is 1. The summed E-state index contributed by atoms with van der Waals surface area (Å²) in [5, 5.41) is 19.0. The second-order valence-corrected chi connectivity index (χ2v) is 2.77. The van der Waals surface area contributed by atoms with Gasteiger partial charge in [0.05, 0.1) is 16.6 Å². The van der Waals surface area contributed by atoms with Crippen LogP contribution in [-0.2, 0) is 0 Å². The van der Waals surface area contributed by atoms with Gasteiger partial charge in [0.25, 0.3) is 5.69 Å². The van der Waals surface area contributed by atoms with Crippen LogP contribution in [0.2, 0.25) is 0 Å². The van der Waals surface area contributed by atoms with Gasteiger partial charge in [-0.2, -0.15) is 5.26 Å². The van der Waals surface area contributed by atoms with Crippen molar-refractivity contribution in [1.29, 1.82) is 5.26 Å².